The van der Waals surface area contributed by atoms with Crippen molar-refractivity contribution in [2.45, 2.75) is 39.5 Å². The van der Waals surface area contributed by atoms with Gasteiger partial charge in [0.15, 0.2) is 0 Å². The molecule has 1 heteroatoms. The summed E-state index contributed by atoms with van der Waals surface area (Å²) in [5.41, 5.74) is 0. The van der Waals surface area contributed by atoms with Crippen LogP contribution in [-0.4, -0.2) is 6.61 Å². The van der Waals surface area contributed by atoms with Gasteiger partial charge in [-0.05, 0) is 31.3 Å². The van der Waals surface area contributed by atoms with Gasteiger partial charge in [0, 0.05) is 6.42 Å². The monoisotopic (exact) mass is 154 g/mol. The molecule has 0 bridgehead atoms. The molecule has 11 heavy (non-hydrogen) atoms. The summed E-state index contributed by atoms with van der Waals surface area (Å²) in [6, 6.07) is 0. The Morgan fingerprint density at radius 3 is 2.64 bits per heavy atom. The molecule has 0 unspecified atom stereocenters. The lowest BCUT2D eigenvalue weighted by atomic mass is 10.0. The molecule has 0 atom stereocenters. The van der Waals surface area contributed by atoms with Crippen LogP contribution in [0.5, 0.6) is 0 Å². The first-order valence-corrected chi connectivity index (χ1v) is 4.70. The number of ether oxygens (including phenoxy) is 1. The second-order valence-corrected chi connectivity index (χ2v) is 3.16. The van der Waals surface area contributed by atoms with E-state index in [-0.39, 0.29) is 0 Å². The second-order valence-electron chi connectivity index (χ2n) is 3.16. The van der Waals surface area contributed by atoms with Gasteiger partial charge in [-0.15, -0.1) is 0 Å². The topological polar surface area (TPSA) is 9.23 Å². The average molecular weight is 154 g/mol. The van der Waals surface area contributed by atoms with Crippen molar-refractivity contribution in [3.8, 4) is 0 Å². The molecule has 1 aliphatic heterocycles. The Hall–Kier alpha value is -0.460. The van der Waals surface area contributed by atoms with E-state index in [2.05, 4.69) is 19.9 Å². The van der Waals surface area contributed by atoms with E-state index in [9.17, 15) is 0 Å². The lowest BCUT2D eigenvalue weighted by molar-refractivity contribution is 0.259. The van der Waals surface area contributed by atoms with E-state index in [0.29, 0.717) is 0 Å². The second kappa shape index (κ2) is 4.42. The van der Waals surface area contributed by atoms with Gasteiger partial charge in [0.05, 0.1) is 12.4 Å². The Bertz CT molecular complexity index is 126. The molecule has 0 amide bonds. The standard InChI is InChI=1S/C10H18O/c1-3-9(4-2)8-10-6-5-7-11-10/h8-9H,3-7H2,1-2H3/b10-8-. The summed E-state index contributed by atoms with van der Waals surface area (Å²) in [4.78, 5) is 0. The predicted octanol–water partition coefficient (Wildman–Crippen LogP) is 3.12. The van der Waals surface area contributed by atoms with Crippen molar-refractivity contribution in [2.24, 2.45) is 5.92 Å². The van der Waals surface area contributed by atoms with Crippen molar-refractivity contribution in [1.29, 1.82) is 0 Å². The summed E-state index contributed by atoms with van der Waals surface area (Å²) in [6.45, 7) is 5.41. The molecule has 64 valence electrons. The van der Waals surface area contributed by atoms with Gasteiger partial charge in [0.25, 0.3) is 0 Å². The van der Waals surface area contributed by atoms with Crippen LogP contribution in [-0.2, 0) is 4.74 Å². The smallest absolute Gasteiger partial charge is 0.0924 e. The third-order valence-electron chi connectivity index (χ3n) is 2.33. The zero-order valence-electron chi connectivity index (χ0n) is 7.60. The normalized spacial score (nSPS) is 21.2. The molecule has 1 saturated heterocycles. The Labute approximate surface area is 69.4 Å². The van der Waals surface area contributed by atoms with Crippen LogP contribution in [0.4, 0.5) is 0 Å². The van der Waals surface area contributed by atoms with Crippen LogP contribution < -0.4 is 0 Å². The molecule has 0 aromatic heterocycles. The Morgan fingerprint density at radius 1 is 1.45 bits per heavy atom. The van der Waals surface area contributed by atoms with E-state index in [4.69, 9.17) is 4.74 Å². The number of hydrogen-bond donors (Lipinski definition) is 0. The van der Waals surface area contributed by atoms with Gasteiger partial charge < -0.3 is 4.74 Å². The summed E-state index contributed by atoms with van der Waals surface area (Å²) in [6.07, 6.45) is 7.17. The van der Waals surface area contributed by atoms with E-state index in [0.717, 1.165) is 18.9 Å². The van der Waals surface area contributed by atoms with Gasteiger partial charge in [-0.25, -0.2) is 0 Å². The van der Waals surface area contributed by atoms with Gasteiger partial charge in [-0.3, -0.25) is 0 Å². The molecule has 1 nitrogen and oxygen atoms in total. The maximum absolute atomic E-state index is 5.45. The minimum atomic E-state index is 0.739. The summed E-state index contributed by atoms with van der Waals surface area (Å²) in [7, 11) is 0. The molecule has 0 radical (unpaired) electrons. The van der Waals surface area contributed by atoms with E-state index < -0.39 is 0 Å². The molecule has 1 fully saturated rings. The number of hydrogen-bond acceptors (Lipinski definition) is 1. The van der Waals surface area contributed by atoms with Gasteiger partial charge >= 0.3 is 0 Å². The zero-order chi connectivity index (χ0) is 8.10. The molecule has 0 aromatic carbocycles. The molecule has 1 heterocycles. The fraction of sp³-hybridized carbons (Fsp3) is 0.800. The first kappa shape index (κ1) is 8.63. The molecule has 0 saturated carbocycles. The predicted molar refractivity (Wildman–Crippen MR) is 47.3 cm³/mol. The van der Waals surface area contributed by atoms with Crippen LogP contribution in [0.3, 0.4) is 0 Å². The van der Waals surface area contributed by atoms with Crippen LogP contribution in [0, 0.1) is 5.92 Å². The molecule has 0 aliphatic carbocycles. The number of allylic oxidation sites excluding steroid dienone is 2. The van der Waals surface area contributed by atoms with Crippen LogP contribution in [0.25, 0.3) is 0 Å². The van der Waals surface area contributed by atoms with E-state index >= 15 is 0 Å². The largest absolute Gasteiger partial charge is 0.498 e. The molecular weight excluding hydrogens is 136 g/mol. The van der Waals surface area contributed by atoms with Crippen molar-refractivity contribution in [3.05, 3.63) is 11.8 Å². The van der Waals surface area contributed by atoms with Crippen LogP contribution in [0.2, 0.25) is 0 Å². The van der Waals surface area contributed by atoms with Crippen molar-refractivity contribution in [2.75, 3.05) is 6.61 Å². The highest BCUT2D eigenvalue weighted by molar-refractivity contribution is 4.99. The van der Waals surface area contributed by atoms with E-state index in [1.807, 2.05) is 0 Å². The van der Waals surface area contributed by atoms with E-state index in [1.165, 1.54) is 25.0 Å². The number of rotatable bonds is 3. The SMILES string of the molecule is CCC(/C=C1/CCCO1)CC. The highest BCUT2D eigenvalue weighted by Crippen LogP contribution is 2.20. The van der Waals surface area contributed by atoms with Gasteiger partial charge in [0.2, 0.25) is 0 Å². The third-order valence-corrected chi connectivity index (χ3v) is 2.33. The maximum atomic E-state index is 5.45. The van der Waals surface area contributed by atoms with Crippen LogP contribution in [0.1, 0.15) is 39.5 Å². The summed E-state index contributed by atoms with van der Waals surface area (Å²) in [5.74, 6) is 1.97. The van der Waals surface area contributed by atoms with Crippen molar-refractivity contribution < 1.29 is 4.74 Å². The first-order valence-electron chi connectivity index (χ1n) is 4.70. The lowest BCUT2D eigenvalue weighted by Gasteiger charge is -2.07. The minimum Gasteiger partial charge on any atom is -0.498 e. The average Bonchev–Trinajstić information content (AvgIpc) is 2.52. The lowest BCUT2D eigenvalue weighted by Crippen LogP contribution is -1.93. The minimum absolute atomic E-state index is 0.739. The molecule has 0 spiro atoms. The molecule has 1 aliphatic rings. The summed E-state index contributed by atoms with van der Waals surface area (Å²) in [5, 5.41) is 0. The quantitative estimate of drug-likeness (QED) is 0.607. The Kier molecular flexibility index (Phi) is 3.47. The molecule has 0 aromatic rings. The van der Waals surface area contributed by atoms with E-state index in [1.54, 1.807) is 0 Å². The fourth-order valence-electron chi connectivity index (χ4n) is 1.44. The first-order chi connectivity index (χ1) is 5.36. The Balaban J connectivity index is 2.40. The summed E-state index contributed by atoms with van der Waals surface area (Å²) >= 11 is 0. The van der Waals surface area contributed by atoms with Gasteiger partial charge in [-0.1, -0.05) is 13.8 Å². The highest BCUT2D eigenvalue weighted by Gasteiger charge is 2.09. The third kappa shape index (κ3) is 2.57. The van der Waals surface area contributed by atoms with Crippen LogP contribution in [0.15, 0.2) is 11.8 Å². The van der Waals surface area contributed by atoms with Crippen molar-refractivity contribution in [1.82, 2.24) is 0 Å². The fourth-order valence-corrected chi connectivity index (χ4v) is 1.44. The van der Waals surface area contributed by atoms with Crippen LogP contribution >= 0.6 is 0 Å². The molecule has 1 rings (SSSR count). The summed E-state index contributed by atoms with van der Waals surface area (Å²) < 4.78 is 5.45. The molecule has 0 N–H and O–H groups in total. The van der Waals surface area contributed by atoms with Crippen molar-refractivity contribution in [3.63, 3.8) is 0 Å². The van der Waals surface area contributed by atoms with Gasteiger partial charge in [-0.2, -0.15) is 0 Å². The maximum Gasteiger partial charge on any atom is 0.0924 e. The van der Waals surface area contributed by atoms with Gasteiger partial charge in [0.1, 0.15) is 0 Å². The molecular formula is C10H18O. The van der Waals surface area contributed by atoms with Crippen molar-refractivity contribution >= 4 is 0 Å². The highest BCUT2D eigenvalue weighted by atomic mass is 16.5. The Morgan fingerprint density at radius 2 is 2.18 bits per heavy atom. The zero-order valence-corrected chi connectivity index (χ0v) is 7.60.